The van der Waals surface area contributed by atoms with Crippen molar-refractivity contribution in [3.8, 4) is 11.5 Å². The molecule has 1 aliphatic rings. The van der Waals surface area contributed by atoms with Gasteiger partial charge < -0.3 is 24.8 Å². The van der Waals surface area contributed by atoms with Crippen LogP contribution in [-0.4, -0.2) is 56.6 Å². The summed E-state index contributed by atoms with van der Waals surface area (Å²) in [5.74, 6) is 2.53. The van der Waals surface area contributed by atoms with Crippen molar-refractivity contribution in [1.82, 2.24) is 19.7 Å². The van der Waals surface area contributed by atoms with Crippen LogP contribution >= 0.6 is 0 Å². The van der Waals surface area contributed by atoms with Gasteiger partial charge in [-0.1, -0.05) is 12.1 Å². The highest BCUT2D eigenvalue weighted by atomic mass is 16.5. The van der Waals surface area contributed by atoms with E-state index in [-0.39, 0.29) is 12.6 Å². The summed E-state index contributed by atoms with van der Waals surface area (Å²) in [5.41, 5.74) is -0.918. The lowest BCUT2D eigenvalue weighted by Gasteiger charge is -2.33. The Bertz CT molecular complexity index is 1150. The molecule has 1 fully saturated rings. The van der Waals surface area contributed by atoms with Gasteiger partial charge in [0.25, 0.3) is 0 Å². The molecule has 0 bridgehead atoms. The molecular formula is C25H32N6O4. The number of anilines is 3. The Hall–Kier alpha value is -3.82. The monoisotopic (exact) mass is 480 g/mol. The maximum atomic E-state index is 11.4. The molecule has 4 rings (SSSR count). The fourth-order valence-electron chi connectivity index (χ4n) is 3.93. The van der Waals surface area contributed by atoms with Crippen molar-refractivity contribution in [2.24, 2.45) is 5.41 Å². The van der Waals surface area contributed by atoms with Gasteiger partial charge in [-0.3, -0.25) is 14.5 Å². The van der Waals surface area contributed by atoms with Gasteiger partial charge in [0.1, 0.15) is 11.9 Å². The van der Waals surface area contributed by atoms with Crippen LogP contribution < -0.4 is 19.7 Å². The number of benzene rings is 1. The van der Waals surface area contributed by atoms with Gasteiger partial charge in [0.2, 0.25) is 0 Å². The van der Waals surface area contributed by atoms with Gasteiger partial charge in [-0.25, -0.2) is 4.98 Å². The Balaban J connectivity index is 1.40. The SMILES string of the molecule is CCOc1ccccc1O[C@@H]1CCCN(c2cncc(Nc3ccn(CC(C)(C)C(=O)O)n3)n2)C1. The fraction of sp³-hybridized carbons (Fsp3) is 0.440. The molecule has 3 aromatic rings. The van der Waals surface area contributed by atoms with E-state index in [9.17, 15) is 9.90 Å². The molecule has 0 amide bonds. The first-order valence-electron chi connectivity index (χ1n) is 11.8. The van der Waals surface area contributed by atoms with Crippen molar-refractivity contribution >= 4 is 23.4 Å². The van der Waals surface area contributed by atoms with E-state index in [2.05, 4.69) is 20.3 Å². The van der Waals surface area contributed by atoms with Crippen LogP contribution in [0.4, 0.5) is 17.5 Å². The Morgan fingerprint density at radius 2 is 2.00 bits per heavy atom. The highest BCUT2D eigenvalue weighted by molar-refractivity contribution is 5.73. The van der Waals surface area contributed by atoms with Crippen LogP contribution in [0.15, 0.2) is 48.9 Å². The number of hydrogen-bond acceptors (Lipinski definition) is 8. The van der Waals surface area contributed by atoms with Crippen molar-refractivity contribution in [1.29, 1.82) is 0 Å². The van der Waals surface area contributed by atoms with Gasteiger partial charge in [-0.15, -0.1) is 0 Å². The molecule has 35 heavy (non-hydrogen) atoms. The van der Waals surface area contributed by atoms with Gasteiger partial charge in [0, 0.05) is 18.8 Å². The molecule has 1 atom stereocenters. The third-order valence-corrected chi connectivity index (χ3v) is 5.80. The van der Waals surface area contributed by atoms with Crippen LogP contribution in [-0.2, 0) is 11.3 Å². The lowest BCUT2D eigenvalue weighted by Crippen LogP contribution is -2.41. The number of aliphatic carboxylic acids is 1. The zero-order valence-corrected chi connectivity index (χ0v) is 20.3. The quantitative estimate of drug-likeness (QED) is 0.445. The number of rotatable bonds is 10. The summed E-state index contributed by atoms with van der Waals surface area (Å²) in [7, 11) is 0. The smallest absolute Gasteiger partial charge is 0.310 e. The Kier molecular flexibility index (Phi) is 7.38. The number of nitrogens with one attached hydrogen (secondary N) is 1. The van der Waals surface area contributed by atoms with Gasteiger partial charge >= 0.3 is 5.97 Å². The van der Waals surface area contributed by atoms with Gasteiger partial charge in [0.15, 0.2) is 23.1 Å². The first-order valence-corrected chi connectivity index (χ1v) is 11.8. The van der Waals surface area contributed by atoms with E-state index in [1.807, 2.05) is 31.2 Å². The second kappa shape index (κ2) is 10.6. The molecule has 1 aliphatic heterocycles. The summed E-state index contributed by atoms with van der Waals surface area (Å²) in [5, 5.41) is 16.9. The predicted molar refractivity (Wildman–Crippen MR) is 132 cm³/mol. The minimum absolute atomic E-state index is 0.0112. The first kappa shape index (κ1) is 24.3. The molecule has 0 spiro atoms. The number of carbonyl (C=O) groups is 1. The van der Waals surface area contributed by atoms with E-state index in [4.69, 9.17) is 14.5 Å². The van der Waals surface area contributed by atoms with Crippen LogP contribution in [0.2, 0.25) is 0 Å². The molecule has 186 valence electrons. The molecule has 1 aromatic carbocycles. The number of piperidine rings is 1. The number of aromatic nitrogens is 4. The van der Waals surface area contributed by atoms with Crippen molar-refractivity contribution < 1.29 is 19.4 Å². The average molecular weight is 481 g/mol. The van der Waals surface area contributed by atoms with Crippen molar-refractivity contribution in [3.05, 3.63) is 48.9 Å². The predicted octanol–water partition coefficient (Wildman–Crippen LogP) is 3.97. The van der Waals surface area contributed by atoms with Crippen LogP contribution in [0.3, 0.4) is 0 Å². The van der Waals surface area contributed by atoms with E-state index in [0.717, 1.165) is 36.7 Å². The molecular weight excluding hydrogens is 448 g/mol. The highest BCUT2D eigenvalue weighted by Gasteiger charge is 2.28. The summed E-state index contributed by atoms with van der Waals surface area (Å²) in [4.78, 5) is 22.6. The lowest BCUT2D eigenvalue weighted by atomic mass is 9.94. The van der Waals surface area contributed by atoms with E-state index >= 15 is 0 Å². The van der Waals surface area contributed by atoms with Gasteiger partial charge in [-0.2, -0.15) is 5.10 Å². The summed E-state index contributed by atoms with van der Waals surface area (Å²) in [6.07, 6.45) is 7.07. The summed E-state index contributed by atoms with van der Waals surface area (Å²) < 4.78 is 13.6. The van der Waals surface area contributed by atoms with E-state index in [1.165, 1.54) is 0 Å². The van der Waals surface area contributed by atoms with Crippen molar-refractivity contribution in [3.63, 3.8) is 0 Å². The highest BCUT2D eigenvalue weighted by Crippen LogP contribution is 2.30. The standard InChI is InChI=1S/C25H32N6O4/c1-4-34-19-9-5-6-10-20(19)35-18-8-7-12-30(16-18)23-15-26-14-22(28-23)27-21-11-13-31(29-21)17-25(2,3)24(32)33/h5-6,9-11,13-15,18H,4,7-8,12,16-17H2,1-3H3,(H,32,33)(H,27,28,29)/t18-/m1/s1. The van der Waals surface area contributed by atoms with Crippen LogP contribution in [0, 0.1) is 5.41 Å². The Morgan fingerprint density at radius 1 is 1.20 bits per heavy atom. The molecule has 2 aromatic heterocycles. The maximum Gasteiger partial charge on any atom is 0.310 e. The van der Waals surface area contributed by atoms with Crippen molar-refractivity contribution in [2.75, 3.05) is 29.9 Å². The number of nitrogens with zero attached hydrogens (tertiary/aromatic N) is 5. The van der Waals surface area contributed by atoms with Gasteiger partial charge in [-0.05, 0) is 45.7 Å². The molecule has 10 heteroatoms. The molecule has 0 aliphatic carbocycles. The van der Waals surface area contributed by atoms with E-state index < -0.39 is 11.4 Å². The van der Waals surface area contributed by atoms with Crippen molar-refractivity contribution in [2.45, 2.75) is 46.3 Å². The average Bonchev–Trinajstić information content (AvgIpc) is 3.26. The minimum Gasteiger partial charge on any atom is -0.490 e. The van der Waals surface area contributed by atoms with E-state index in [0.29, 0.717) is 24.8 Å². The van der Waals surface area contributed by atoms with E-state index in [1.54, 1.807) is 43.2 Å². The molecule has 0 saturated carbocycles. The third kappa shape index (κ3) is 6.20. The normalized spacial score (nSPS) is 16.1. The molecule has 3 heterocycles. The Labute approximate surface area is 204 Å². The number of ether oxygens (including phenoxy) is 2. The zero-order valence-electron chi connectivity index (χ0n) is 20.3. The largest absolute Gasteiger partial charge is 0.490 e. The second-order valence-corrected chi connectivity index (χ2v) is 9.18. The van der Waals surface area contributed by atoms with Crippen LogP contribution in [0.5, 0.6) is 11.5 Å². The summed E-state index contributed by atoms with van der Waals surface area (Å²) >= 11 is 0. The maximum absolute atomic E-state index is 11.4. The van der Waals surface area contributed by atoms with Gasteiger partial charge in [0.05, 0.1) is 37.5 Å². The number of para-hydroxylation sites is 2. The molecule has 0 radical (unpaired) electrons. The first-order chi connectivity index (χ1) is 16.8. The second-order valence-electron chi connectivity index (χ2n) is 9.18. The zero-order chi connectivity index (χ0) is 24.8. The number of hydrogen-bond donors (Lipinski definition) is 2. The molecule has 1 saturated heterocycles. The van der Waals surface area contributed by atoms with Crippen LogP contribution in [0.1, 0.15) is 33.6 Å². The molecule has 2 N–H and O–H groups in total. The summed E-state index contributed by atoms with van der Waals surface area (Å²) in [6.45, 7) is 7.70. The van der Waals surface area contributed by atoms with Crippen LogP contribution in [0.25, 0.3) is 0 Å². The topological polar surface area (TPSA) is 115 Å². The number of carboxylic acids is 1. The minimum atomic E-state index is -0.918. The third-order valence-electron chi connectivity index (χ3n) is 5.80. The summed E-state index contributed by atoms with van der Waals surface area (Å²) in [6, 6.07) is 9.53. The lowest BCUT2D eigenvalue weighted by molar-refractivity contribution is -0.147. The fourth-order valence-corrected chi connectivity index (χ4v) is 3.93. The number of carboxylic acid groups (broad SMARTS) is 1. The molecule has 0 unspecified atom stereocenters. The molecule has 10 nitrogen and oxygen atoms in total. The Morgan fingerprint density at radius 3 is 2.77 bits per heavy atom.